The smallest absolute Gasteiger partial charge is 0.170 e. The lowest BCUT2D eigenvalue weighted by Crippen LogP contribution is -2.00. The van der Waals surface area contributed by atoms with Crippen LogP contribution in [-0.2, 0) is 6.61 Å². The van der Waals surface area contributed by atoms with Crippen LogP contribution in [0.3, 0.4) is 0 Å². The van der Waals surface area contributed by atoms with Crippen LogP contribution in [0.4, 0.5) is 0 Å². The summed E-state index contributed by atoms with van der Waals surface area (Å²) in [6.07, 6.45) is 1.32. The lowest BCUT2D eigenvalue weighted by atomic mass is 10.2. The van der Waals surface area contributed by atoms with Gasteiger partial charge in [0.05, 0.1) is 13.3 Å². The van der Waals surface area contributed by atoms with E-state index in [0.717, 1.165) is 5.56 Å². The third-order valence-electron chi connectivity index (χ3n) is 2.65. The van der Waals surface area contributed by atoms with Crippen LogP contribution in [0.2, 0.25) is 0 Å². The van der Waals surface area contributed by atoms with Gasteiger partial charge >= 0.3 is 0 Å². The zero-order valence-electron chi connectivity index (χ0n) is 10.6. The molecule has 0 aromatic heterocycles. The number of rotatable bonds is 5. The Morgan fingerprint density at radius 1 is 1.11 bits per heavy atom. The Morgan fingerprint density at radius 3 is 2.58 bits per heavy atom. The Hall–Kier alpha value is -2.49. The maximum Gasteiger partial charge on any atom is 0.170 e. The van der Waals surface area contributed by atoms with Crippen molar-refractivity contribution in [2.45, 2.75) is 6.61 Å². The number of hydrogen-bond donors (Lipinski definition) is 1. The van der Waals surface area contributed by atoms with E-state index < -0.39 is 0 Å². The van der Waals surface area contributed by atoms with E-state index in [-0.39, 0.29) is 0 Å². The van der Waals surface area contributed by atoms with Crippen molar-refractivity contribution in [3.63, 3.8) is 0 Å². The summed E-state index contributed by atoms with van der Waals surface area (Å²) in [7, 11) is 1.57. The second kappa shape index (κ2) is 6.44. The minimum absolute atomic E-state index is 0.424. The molecule has 0 aliphatic heterocycles. The Kier molecular flexibility index (Phi) is 4.39. The fourth-order valence-corrected chi connectivity index (χ4v) is 1.74. The first kappa shape index (κ1) is 13.0. The zero-order chi connectivity index (χ0) is 13.5. The zero-order valence-corrected chi connectivity index (χ0v) is 10.6. The normalized spacial score (nSPS) is 10.6. The first-order chi connectivity index (χ1) is 9.35. The molecule has 0 aliphatic carbocycles. The van der Waals surface area contributed by atoms with Crippen LogP contribution in [-0.4, -0.2) is 18.5 Å². The van der Waals surface area contributed by atoms with Crippen molar-refractivity contribution >= 4 is 6.21 Å². The molecule has 0 unspecified atom stereocenters. The SMILES string of the molecule is COc1cccc(C=NO)c1OCc1ccccc1. The van der Waals surface area contributed by atoms with E-state index in [4.69, 9.17) is 14.7 Å². The van der Waals surface area contributed by atoms with Gasteiger partial charge in [0.15, 0.2) is 11.5 Å². The van der Waals surface area contributed by atoms with Crippen molar-refractivity contribution in [2.75, 3.05) is 7.11 Å². The molecule has 1 N–H and O–H groups in total. The van der Waals surface area contributed by atoms with Crippen molar-refractivity contribution in [1.29, 1.82) is 0 Å². The van der Waals surface area contributed by atoms with Crippen LogP contribution < -0.4 is 9.47 Å². The molecular weight excluding hydrogens is 242 g/mol. The molecule has 0 saturated carbocycles. The fraction of sp³-hybridized carbons (Fsp3) is 0.133. The van der Waals surface area contributed by atoms with Crippen LogP contribution in [0.15, 0.2) is 53.7 Å². The molecule has 0 aliphatic rings. The summed E-state index contributed by atoms with van der Waals surface area (Å²) in [5, 5.41) is 11.7. The van der Waals surface area contributed by atoms with E-state index in [1.807, 2.05) is 36.4 Å². The molecular formula is C15H15NO3. The first-order valence-corrected chi connectivity index (χ1v) is 5.86. The van der Waals surface area contributed by atoms with Gasteiger partial charge in [-0.3, -0.25) is 0 Å². The number of ether oxygens (including phenoxy) is 2. The second-order valence-electron chi connectivity index (χ2n) is 3.90. The molecule has 0 atom stereocenters. The average molecular weight is 257 g/mol. The summed E-state index contributed by atoms with van der Waals surface area (Å²) in [6, 6.07) is 15.2. The van der Waals surface area contributed by atoms with E-state index in [2.05, 4.69) is 5.16 Å². The van der Waals surface area contributed by atoms with Gasteiger partial charge in [0.25, 0.3) is 0 Å². The molecule has 0 fully saturated rings. The Balaban J connectivity index is 2.22. The number of oxime groups is 1. The van der Waals surface area contributed by atoms with Crippen molar-refractivity contribution in [3.05, 3.63) is 59.7 Å². The Bertz CT molecular complexity index is 553. The van der Waals surface area contributed by atoms with Gasteiger partial charge < -0.3 is 14.7 Å². The molecule has 4 heteroatoms. The molecule has 2 aromatic carbocycles. The third kappa shape index (κ3) is 3.25. The lowest BCUT2D eigenvalue weighted by Gasteiger charge is -2.12. The van der Waals surface area contributed by atoms with E-state index >= 15 is 0 Å². The van der Waals surface area contributed by atoms with Gasteiger partial charge in [-0.2, -0.15) is 0 Å². The molecule has 2 aromatic rings. The molecule has 0 heterocycles. The van der Waals surface area contributed by atoms with Crippen LogP contribution in [0.1, 0.15) is 11.1 Å². The molecule has 2 rings (SSSR count). The van der Waals surface area contributed by atoms with Crippen molar-refractivity contribution < 1.29 is 14.7 Å². The standard InChI is InChI=1S/C15H15NO3/c1-18-14-9-5-8-13(10-16-17)15(14)19-11-12-6-3-2-4-7-12/h2-10,17H,11H2,1H3. The second-order valence-corrected chi connectivity index (χ2v) is 3.90. The molecule has 0 amide bonds. The number of nitrogens with zero attached hydrogens (tertiary/aromatic N) is 1. The molecule has 0 saturated heterocycles. The highest BCUT2D eigenvalue weighted by molar-refractivity contribution is 5.84. The highest BCUT2D eigenvalue weighted by atomic mass is 16.5. The van der Waals surface area contributed by atoms with Gasteiger partial charge in [0, 0.05) is 5.56 Å². The van der Waals surface area contributed by atoms with E-state index in [1.165, 1.54) is 6.21 Å². The molecule has 0 spiro atoms. The highest BCUT2D eigenvalue weighted by Crippen LogP contribution is 2.30. The minimum atomic E-state index is 0.424. The summed E-state index contributed by atoms with van der Waals surface area (Å²) in [5.41, 5.74) is 1.72. The molecule has 98 valence electrons. The van der Waals surface area contributed by atoms with E-state index in [9.17, 15) is 0 Å². The Morgan fingerprint density at radius 2 is 1.89 bits per heavy atom. The van der Waals surface area contributed by atoms with Crippen LogP contribution >= 0.6 is 0 Å². The van der Waals surface area contributed by atoms with Gasteiger partial charge in [0.1, 0.15) is 6.61 Å². The molecule has 4 nitrogen and oxygen atoms in total. The maximum absolute atomic E-state index is 8.67. The monoisotopic (exact) mass is 257 g/mol. The summed E-state index contributed by atoms with van der Waals surface area (Å²) < 4.78 is 11.0. The first-order valence-electron chi connectivity index (χ1n) is 5.86. The van der Waals surface area contributed by atoms with Gasteiger partial charge in [-0.15, -0.1) is 0 Å². The maximum atomic E-state index is 8.67. The minimum Gasteiger partial charge on any atom is -0.493 e. The van der Waals surface area contributed by atoms with E-state index in [1.54, 1.807) is 19.2 Å². The predicted molar refractivity (Wildman–Crippen MR) is 73.1 cm³/mol. The molecule has 0 radical (unpaired) electrons. The number of benzene rings is 2. The van der Waals surface area contributed by atoms with Gasteiger partial charge in [-0.25, -0.2) is 0 Å². The van der Waals surface area contributed by atoms with Crippen molar-refractivity contribution in [2.24, 2.45) is 5.16 Å². The quantitative estimate of drug-likeness (QED) is 0.508. The predicted octanol–water partition coefficient (Wildman–Crippen LogP) is 3.08. The third-order valence-corrected chi connectivity index (χ3v) is 2.65. The fourth-order valence-electron chi connectivity index (χ4n) is 1.74. The Labute approximate surface area is 111 Å². The largest absolute Gasteiger partial charge is 0.493 e. The lowest BCUT2D eigenvalue weighted by molar-refractivity contribution is 0.283. The summed E-state index contributed by atoms with van der Waals surface area (Å²) in [6.45, 7) is 0.424. The molecule has 19 heavy (non-hydrogen) atoms. The number of para-hydroxylation sites is 1. The van der Waals surface area contributed by atoms with Gasteiger partial charge in [-0.1, -0.05) is 41.6 Å². The highest BCUT2D eigenvalue weighted by Gasteiger charge is 2.09. The van der Waals surface area contributed by atoms with Crippen LogP contribution in [0.25, 0.3) is 0 Å². The number of hydrogen-bond acceptors (Lipinski definition) is 4. The summed E-state index contributed by atoms with van der Waals surface area (Å²) in [5.74, 6) is 1.17. The molecule has 0 bridgehead atoms. The van der Waals surface area contributed by atoms with Gasteiger partial charge in [-0.05, 0) is 17.7 Å². The van der Waals surface area contributed by atoms with E-state index in [0.29, 0.717) is 23.7 Å². The van der Waals surface area contributed by atoms with Crippen LogP contribution in [0, 0.1) is 0 Å². The van der Waals surface area contributed by atoms with Crippen molar-refractivity contribution in [3.8, 4) is 11.5 Å². The van der Waals surface area contributed by atoms with Crippen LogP contribution in [0.5, 0.6) is 11.5 Å². The average Bonchev–Trinajstić information content (AvgIpc) is 2.47. The van der Waals surface area contributed by atoms with Gasteiger partial charge in [0.2, 0.25) is 0 Å². The summed E-state index contributed by atoms with van der Waals surface area (Å²) >= 11 is 0. The number of methoxy groups -OCH3 is 1. The summed E-state index contributed by atoms with van der Waals surface area (Å²) in [4.78, 5) is 0. The topological polar surface area (TPSA) is 51.0 Å². The van der Waals surface area contributed by atoms with Crippen molar-refractivity contribution in [1.82, 2.24) is 0 Å².